The molecule has 1 saturated carbocycles. The largest absolute Gasteiger partial charge is 0.508 e. The van der Waals surface area contributed by atoms with Crippen LogP contribution in [0.3, 0.4) is 0 Å². The summed E-state index contributed by atoms with van der Waals surface area (Å²) in [6, 6.07) is 3.01. The number of hydrogen-bond acceptors (Lipinski definition) is 9. The average molecular weight is 508 g/mol. The van der Waals surface area contributed by atoms with Crippen LogP contribution in [-0.4, -0.2) is 65.0 Å². The van der Waals surface area contributed by atoms with E-state index in [0.29, 0.717) is 28.2 Å². The Labute approximate surface area is 205 Å². The van der Waals surface area contributed by atoms with Crippen molar-refractivity contribution in [1.29, 1.82) is 0 Å². The summed E-state index contributed by atoms with van der Waals surface area (Å²) in [6.07, 6.45) is -3.19. The number of thiol groups is 1. The number of nitrogens with two attached hydrogens (primary N) is 1. The Bertz CT molecular complexity index is 1160. The van der Waals surface area contributed by atoms with Crippen molar-refractivity contribution in [3.8, 4) is 5.75 Å². The van der Waals surface area contributed by atoms with Crippen LogP contribution in [-0.2, 0) is 16.0 Å². The van der Waals surface area contributed by atoms with Gasteiger partial charge in [0.1, 0.15) is 23.2 Å². The third-order valence-corrected chi connectivity index (χ3v) is 8.06. The van der Waals surface area contributed by atoms with E-state index in [2.05, 4.69) is 12.6 Å². The number of aliphatic hydroxyl groups excluding tert-OH is 3. The lowest BCUT2D eigenvalue weighted by Crippen LogP contribution is -2.69. The molecule has 182 valence electrons. The number of primary amides is 1. The zero-order valence-electron chi connectivity index (χ0n) is 18.1. The van der Waals surface area contributed by atoms with Gasteiger partial charge in [0, 0.05) is 22.5 Å². The van der Waals surface area contributed by atoms with E-state index < -0.39 is 76.7 Å². The molecule has 0 radical (unpaired) electrons. The molecule has 1 fully saturated rings. The van der Waals surface area contributed by atoms with Crippen LogP contribution in [0.2, 0.25) is 0 Å². The van der Waals surface area contributed by atoms with Gasteiger partial charge < -0.3 is 31.3 Å². The standard InChI is InChI=1S/C23H25NO8S2/c1-7-13-8(3-5-12(33)34)2-4-10(25)15(13)19(28)17-14(7)18(27)9-6-11(26)16(22(24)31)20(29)23(9,32)21(17)30/h2,4,7,9,14,17-18,21,25,27,29-30,32H,3,5-6H2,1H3,(H2,24,31)(H,33,34)/t7-,9?,14?,17?,18+,21?,23?/m0/s1. The maximum Gasteiger partial charge on any atom is 0.255 e. The second-order valence-electron chi connectivity index (χ2n) is 9.26. The molecule has 0 heterocycles. The fourth-order valence-electron chi connectivity index (χ4n) is 6.10. The Morgan fingerprint density at radius 1 is 1.26 bits per heavy atom. The van der Waals surface area contributed by atoms with Crippen molar-refractivity contribution in [1.82, 2.24) is 0 Å². The van der Waals surface area contributed by atoms with E-state index >= 15 is 0 Å². The van der Waals surface area contributed by atoms with E-state index in [1.54, 1.807) is 13.0 Å². The summed E-state index contributed by atoms with van der Waals surface area (Å²) in [4.78, 5) is 37.9. The molecule has 0 saturated heterocycles. The summed E-state index contributed by atoms with van der Waals surface area (Å²) in [5.41, 5.74) is 2.83. The van der Waals surface area contributed by atoms with Crippen LogP contribution < -0.4 is 5.73 Å². The Kier molecular flexibility index (Phi) is 6.14. The first-order chi connectivity index (χ1) is 15.8. The predicted octanol–water partition coefficient (Wildman–Crippen LogP) is 0.467. The van der Waals surface area contributed by atoms with Gasteiger partial charge in [-0.25, -0.2) is 0 Å². The van der Waals surface area contributed by atoms with Crippen LogP contribution in [0, 0.1) is 17.8 Å². The molecule has 7 N–H and O–H groups in total. The van der Waals surface area contributed by atoms with Crippen LogP contribution in [0.4, 0.5) is 0 Å². The van der Waals surface area contributed by atoms with E-state index in [0.717, 1.165) is 0 Å². The zero-order chi connectivity index (χ0) is 25.3. The predicted molar refractivity (Wildman–Crippen MR) is 127 cm³/mol. The molecule has 11 heteroatoms. The molecule has 5 unspecified atom stereocenters. The number of aliphatic hydroxyl groups is 4. The summed E-state index contributed by atoms with van der Waals surface area (Å²) in [5, 5.41) is 55.2. The van der Waals surface area contributed by atoms with Gasteiger partial charge in [0.15, 0.2) is 17.2 Å². The highest BCUT2D eigenvalue weighted by atomic mass is 32.1. The van der Waals surface area contributed by atoms with E-state index in [9.17, 15) is 39.9 Å². The summed E-state index contributed by atoms with van der Waals surface area (Å²) < 4.78 is 0.459. The number of rotatable bonds is 4. The molecule has 34 heavy (non-hydrogen) atoms. The van der Waals surface area contributed by atoms with Gasteiger partial charge in [-0.05, 0) is 36.0 Å². The number of phenols is 1. The molecular weight excluding hydrogens is 482 g/mol. The van der Waals surface area contributed by atoms with Gasteiger partial charge in [-0.15, -0.1) is 12.6 Å². The Balaban J connectivity index is 1.90. The molecule has 1 amide bonds. The molecular formula is C23H25NO8S2. The first-order valence-corrected chi connectivity index (χ1v) is 11.6. The third kappa shape index (κ3) is 3.33. The number of ketones is 2. The number of phenolic OH excluding ortho intramolecular Hbond substituents is 1. The van der Waals surface area contributed by atoms with E-state index in [-0.39, 0.29) is 11.3 Å². The molecule has 3 aliphatic rings. The summed E-state index contributed by atoms with van der Waals surface area (Å²) in [5.74, 6) is -8.73. The fraction of sp³-hybridized carbons (Fsp3) is 0.478. The Hall–Kier alpha value is -2.31. The molecule has 9 nitrogen and oxygen atoms in total. The monoisotopic (exact) mass is 507 g/mol. The number of thiocarbonyl (C=S) groups is 1. The minimum Gasteiger partial charge on any atom is -0.508 e. The van der Waals surface area contributed by atoms with Crippen molar-refractivity contribution in [3.63, 3.8) is 0 Å². The van der Waals surface area contributed by atoms with Gasteiger partial charge in [-0.2, -0.15) is 0 Å². The normalized spacial score (nSPS) is 34.9. The Morgan fingerprint density at radius 2 is 1.91 bits per heavy atom. The van der Waals surface area contributed by atoms with Gasteiger partial charge in [0.2, 0.25) is 0 Å². The number of carbonyl (C=O) groups is 3. The molecule has 1 aromatic rings. The van der Waals surface area contributed by atoms with E-state index in [1.165, 1.54) is 6.07 Å². The summed E-state index contributed by atoms with van der Waals surface area (Å²) in [6.45, 7) is 1.72. The first kappa shape index (κ1) is 24.8. The number of Topliss-reactive ketones (excluding diaryl/α,β-unsaturated/α-hetero) is 2. The third-order valence-electron chi connectivity index (χ3n) is 7.63. The fourth-order valence-corrected chi connectivity index (χ4v) is 6.31. The van der Waals surface area contributed by atoms with Gasteiger partial charge in [-0.3, -0.25) is 14.4 Å². The Morgan fingerprint density at radius 3 is 2.50 bits per heavy atom. The molecule has 3 aliphatic carbocycles. The maximum absolute atomic E-state index is 13.6. The summed E-state index contributed by atoms with van der Waals surface area (Å²) >= 11 is 9.17. The number of carbonyl (C=O) groups excluding carboxylic acids is 3. The SMILES string of the molecule is C[C@H]1c2c(CCC(=S)S)ccc(O)c2C(=O)C2C1[C@H](O)C1CC(=O)C(C(N)=O)=C(O)C1(O)C2O. The molecule has 4 rings (SSSR count). The second-order valence-corrected chi connectivity index (χ2v) is 10.6. The van der Waals surface area contributed by atoms with E-state index in [1.807, 2.05) is 0 Å². The van der Waals surface area contributed by atoms with Gasteiger partial charge in [-0.1, -0.05) is 25.2 Å². The van der Waals surface area contributed by atoms with Crippen molar-refractivity contribution in [2.45, 2.75) is 49.9 Å². The van der Waals surface area contributed by atoms with E-state index in [4.69, 9.17) is 18.0 Å². The van der Waals surface area contributed by atoms with Gasteiger partial charge in [0.25, 0.3) is 5.91 Å². The number of fused-ring (bicyclic) bond motifs is 3. The maximum atomic E-state index is 13.6. The molecule has 7 atom stereocenters. The number of hydrogen-bond donors (Lipinski definition) is 7. The second kappa shape index (κ2) is 8.42. The lowest BCUT2D eigenvalue weighted by Gasteiger charge is -2.56. The molecule has 1 aromatic carbocycles. The lowest BCUT2D eigenvalue weighted by atomic mass is 9.51. The highest BCUT2D eigenvalue weighted by Crippen LogP contribution is 2.56. The van der Waals surface area contributed by atoms with Crippen molar-refractivity contribution in [2.75, 3.05) is 0 Å². The number of benzene rings is 1. The van der Waals surface area contributed by atoms with Gasteiger partial charge >= 0.3 is 0 Å². The number of aryl methyl sites for hydroxylation is 1. The summed E-state index contributed by atoms with van der Waals surface area (Å²) in [7, 11) is 0. The quantitative estimate of drug-likeness (QED) is 0.173. The zero-order valence-corrected chi connectivity index (χ0v) is 19.8. The van der Waals surface area contributed by atoms with Gasteiger partial charge in [0.05, 0.1) is 17.6 Å². The molecule has 0 spiro atoms. The van der Waals surface area contributed by atoms with Crippen molar-refractivity contribution < 1.29 is 39.9 Å². The molecule has 0 bridgehead atoms. The van der Waals surface area contributed by atoms with Crippen molar-refractivity contribution in [2.24, 2.45) is 23.5 Å². The number of aromatic hydroxyl groups is 1. The number of amides is 1. The smallest absolute Gasteiger partial charge is 0.255 e. The minimum absolute atomic E-state index is 0.0462. The highest BCUT2D eigenvalue weighted by Gasteiger charge is 2.67. The van der Waals surface area contributed by atoms with Crippen molar-refractivity contribution in [3.05, 3.63) is 40.2 Å². The van der Waals surface area contributed by atoms with Crippen LogP contribution in [0.5, 0.6) is 5.75 Å². The van der Waals surface area contributed by atoms with Crippen LogP contribution in [0.25, 0.3) is 0 Å². The molecule has 0 aliphatic heterocycles. The first-order valence-electron chi connectivity index (χ1n) is 10.8. The average Bonchev–Trinajstić information content (AvgIpc) is 2.75. The van der Waals surface area contributed by atoms with Crippen LogP contribution in [0.1, 0.15) is 47.2 Å². The lowest BCUT2D eigenvalue weighted by molar-refractivity contribution is -0.209. The van der Waals surface area contributed by atoms with Crippen molar-refractivity contribution >= 4 is 46.5 Å². The topological polar surface area (TPSA) is 178 Å². The molecule has 0 aromatic heterocycles. The highest BCUT2D eigenvalue weighted by molar-refractivity contribution is 8.11. The van der Waals surface area contributed by atoms with Crippen LogP contribution in [0.15, 0.2) is 23.5 Å². The van der Waals surface area contributed by atoms with Crippen LogP contribution >= 0.6 is 24.8 Å². The minimum atomic E-state index is -2.66.